The average molecular weight is 389 g/mol. The van der Waals surface area contributed by atoms with E-state index in [-0.39, 0.29) is 18.7 Å². The Morgan fingerprint density at radius 3 is 2.52 bits per heavy atom. The number of nitrogens with two attached hydrogens (primary N) is 1. The molecule has 0 aliphatic carbocycles. The Bertz CT molecular complexity index is 784. The van der Waals surface area contributed by atoms with E-state index in [1.165, 1.54) is 20.8 Å². The molecule has 1 aromatic rings. The highest BCUT2D eigenvalue weighted by Crippen LogP contribution is 2.49. The number of hydrogen-bond donors (Lipinski definition) is 1. The molecule has 0 radical (unpaired) electrons. The Kier molecular flexibility index (Phi) is 5.83. The molecule has 1 aliphatic rings. The second-order valence-electron chi connectivity index (χ2n) is 6.24. The zero-order valence-corrected chi connectivity index (χ0v) is 15.1. The van der Waals surface area contributed by atoms with Gasteiger partial charge in [0.2, 0.25) is 12.3 Å². The van der Waals surface area contributed by atoms with Crippen LogP contribution >= 0.6 is 0 Å². The van der Waals surface area contributed by atoms with Gasteiger partial charge < -0.3 is 19.9 Å². The van der Waals surface area contributed by atoms with Crippen LogP contribution in [0.4, 0.5) is 14.6 Å². The Labute approximate surface area is 153 Å². The van der Waals surface area contributed by atoms with Crippen LogP contribution in [0, 0.1) is 0 Å². The second-order valence-corrected chi connectivity index (χ2v) is 6.24. The number of anilines is 1. The standard InChI is InChI=1S/C16H21F2N3O6/c1-4-10(22)25-8-15(3)12(26-11(23)5-2)16(17,18)13(27-15)21-7-6-9(19)20-14(21)24/h6-7,12-13H,4-5,8H2,1-3H3,(H2,19,20,24)/t12-,13-,15-/m1/s1. The van der Waals surface area contributed by atoms with Crippen LogP contribution in [0.15, 0.2) is 17.1 Å². The van der Waals surface area contributed by atoms with Crippen LogP contribution in [0.25, 0.3) is 0 Å². The smallest absolute Gasteiger partial charge is 0.351 e. The first-order valence-electron chi connectivity index (χ1n) is 8.30. The lowest BCUT2D eigenvalue weighted by molar-refractivity contribution is -0.182. The van der Waals surface area contributed by atoms with Crippen LogP contribution in [0.2, 0.25) is 0 Å². The van der Waals surface area contributed by atoms with Crippen molar-refractivity contribution in [2.75, 3.05) is 12.3 Å². The number of nitrogen functional groups attached to an aromatic ring is 1. The molecule has 0 saturated carbocycles. The van der Waals surface area contributed by atoms with Gasteiger partial charge in [-0.25, -0.2) is 4.79 Å². The van der Waals surface area contributed by atoms with Crippen LogP contribution in [-0.2, 0) is 23.8 Å². The minimum atomic E-state index is -3.81. The topological polar surface area (TPSA) is 123 Å². The van der Waals surface area contributed by atoms with Gasteiger partial charge in [0.15, 0.2) is 0 Å². The summed E-state index contributed by atoms with van der Waals surface area (Å²) in [5.74, 6) is -5.48. The highest BCUT2D eigenvalue weighted by atomic mass is 19.3. The van der Waals surface area contributed by atoms with E-state index < -0.39 is 48.1 Å². The molecule has 2 heterocycles. The average Bonchev–Trinajstić information content (AvgIpc) is 2.80. The number of hydrogen-bond acceptors (Lipinski definition) is 8. The number of esters is 2. The molecular weight excluding hydrogens is 368 g/mol. The van der Waals surface area contributed by atoms with E-state index in [4.69, 9.17) is 19.9 Å². The van der Waals surface area contributed by atoms with Crippen LogP contribution in [0.1, 0.15) is 39.8 Å². The Hall–Kier alpha value is -2.56. The predicted molar refractivity (Wildman–Crippen MR) is 87.8 cm³/mol. The van der Waals surface area contributed by atoms with E-state index in [2.05, 4.69) is 4.98 Å². The largest absolute Gasteiger partial charge is 0.462 e. The Balaban J connectivity index is 2.44. The van der Waals surface area contributed by atoms with E-state index in [0.717, 1.165) is 12.3 Å². The van der Waals surface area contributed by atoms with Crippen LogP contribution in [0.5, 0.6) is 0 Å². The van der Waals surface area contributed by atoms with Crippen LogP contribution in [0.3, 0.4) is 0 Å². The lowest BCUT2D eigenvalue weighted by Crippen LogP contribution is -2.50. The number of carbonyl (C=O) groups excluding carboxylic acids is 2. The number of alkyl halides is 2. The molecule has 1 saturated heterocycles. The fourth-order valence-electron chi connectivity index (χ4n) is 2.63. The zero-order valence-electron chi connectivity index (χ0n) is 15.1. The molecular formula is C16H21F2N3O6. The summed E-state index contributed by atoms with van der Waals surface area (Å²) in [6.07, 6.45) is -3.33. The number of nitrogens with zero attached hydrogens (tertiary/aromatic N) is 2. The monoisotopic (exact) mass is 389 g/mol. The summed E-state index contributed by atoms with van der Waals surface area (Å²) >= 11 is 0. The summed E-state index contributed by atoms with van der Waals surface area (Å²) < 4.78 is 46.0. The molecule has 1 aliphatic heterocycles. The quantitative estimate of drug-likeness (QED) is 0.716. The molecule has 0 aromatic carbocycles. The summed E-state index contributed by atoms with van der Waals surface area (Å²) in [6, 6.07) is 1.15. The van der Waals surface area contributed by atoms with Crippen molar-refractivity contribution in [3.05, 3.63) is 22.7 Å². The highest BCUT2D eigenvalue weighted by molar-refractivity contribution is 5.70. The van der Waals surface area contributed by atoms with E-state index in [9.17, 15) is 14.4 Å². The van der Waals surface area contributed by atoms with Gasteiger partial charge in [-0.2, -0.15) is 13.8 Å². The highest BCUT2D eigenvalue weighted by Gasteiger charge is 2.68. The van der Waals surface area contributed by atoms with Gasteiger partial charge in [-0.1, -0.05) is 13.8 Å². The molecule has 0 amide bonds. The van der Waals surface area contributed by atoms with E-state index in [0.29, 0.717) is 4.57 Å². The van der Waals surface area contributed by atoms with E-state index >= 15 is 8.78 Å². The maximum atomic E-state index is 15.1. The minimum Gasteiger partial charge on any atom is -0.462 e. The number of ether oxygens (including phenoxy) is 3. The predicted octanol–water partition coefficient (Wildman–Crippen LogP) is 1.02. The molecule has 1 aromatic heterocycles. The van der Waals surface area contributed by atoms with E-state index in [1.807, 2.05) is 0 Å². The maximum absolute atomic E-state index is 15.1. The van der Waals surface area contributed by atoms with Crippen molar-refractivity contribution in [2.24, 2.45) is 0 Å². The van der Waals surface area contributed by atoms with Gasteiger partial charge in [0.1, 0.15) is 18.0 Å². The third-order valence-corrected chi connectivity index (χ3v) is 4.06. The number of rotatable bonds is 6. The molecule has 27 heavy (non-hydrogen) atoms. The SMILES string of the molecule is CCC(=O)OC[C@@]1(C)O[C@@H](n2ccc(N)nc2=O)C(F)(F)[C@@H]1OC(=O)CC. The summed E-state index contributed by atoms with van der Waals surface area (Å²) in [7, 11) is 0. The maximum Gasteiger partial charge on any atom is 0.351 e. The molecule has 1 fully saturated rings. The summed E-state index contributed by atoms with van der Waals surface area (Å²) in [5.41, 5.74) is 2.43. The normalized spacial score (nSPS) is 26.6. The molecule has 2 N–H and O–H groups in total. The third-order valence-electron chi connectivity index (χ3n) is 4.06. The van der Waals surface area contributed by atoms with Crippen LogP contribution < -0.4 is 11.4 Å². The molecule has 0 unspecified atom stereocenters. The molecule has 0 bridgehead atoms. The van der Waals surface area contributed by atoms with Crippen LogP contribution in [-0.4, -0.2) is 45.7 Å². The van der Waals surface area contributed by atoms with Crippen molar-refractivity contribution in [3.63, 3.8) is 0 Å². The molecule has 0 spiro atoms. The van der Waals surface area contributed by atoms with Gasteiger partial charge in [-0.15, -0.1) is 0 Å². The van der Waals surface area contributed by atoms with Crippen molar-refractivity contribution >= 4 is 17.8 Å². The van der Waals surface area contributed by atoms with Gasteiger partial charge in [0.05, 0.1) is 0 Å². The van der Waals surface area contributed by atoms with Gasteiger partial charge in [-0.3, -0.25) is 14.2 Å². The first-order chi connectivity index (χ1) is 12.5. The Morgan fingerprint density at radius 1 is 1.33 bits per heavy atom. The van der Waals surface area contributed by atoms with Crippen molar-refractivity contribution in [3.8, 4) is 0 Å². The summed E-state index contributed by atoms with van der Waals surface area (Å²) in [5, 5.41) is 0. The van der Waals surface area contributed by atoms with Gasteiger partial charge in [0.25, 0.3) is 0 Å². The molecule has 3 atom stereocenters. The van der Waals surface area contributed by atoms with Crippen molar-refractivity contribution in [1.82, 2.24) is 9.55 Å². The first kappa shape index (κ1) is 20.7. The van der Waals surface area contributed by atoms with Gasteiger partial charge >= 0.3 is 23.6 Å². The van der Waals surface area contributed by atoms with Crippen molar-refractivity contribution < 1.29 is 32.6 Å². The zero-order chi connectivity index (χ0) is 20.4. The first-order valence-corrected chi connectivity index (χ1v) is 8.30. The third kappa shape index (κ3) is 4.07. The number of aromatic nitrogens is 2. The fourth-order valence-corrected chi connectivity index (χ4v) is 2.63. The minimum absolute atomic E-state index is 0.0245. The molecule has 150 valence electrons. The molecule has 9 nitrogen and oxygen atoms in total. The lowest BCUT2D eigenvalue weighted by atomic mass is 9.97. The lowest BCUT2D eigenvalue weighted by Gasteiger charge is -2.30. The second kappa shape index (κ2) is 7.59. The Morgan fingerprint density at radius 2 is 1.96 bits per heavy atom. The van der Waals surface area contributed by atoms with Gasteiger partial charge in [0, 0.05) is 19.0 Å². The fraction of sp³-hybridized carbons (Fsp3) is 0.625. The van der Waals surface area contributed by atoms with Crippen molar-refractivity contribution in [2.45, 2.75) is 57.5 Å². The molecule has 2 rings (SSSR count). The van der Waals surface area contributed by atoms with Crippen molar-refractivity contribution in [1.29, 1.82) is 0 Å². The summed E-state index contributed by atoms with van der Waals surface area (Å²) in [6.45, 7) is 3.60. The number of carbonyl (C=O) groups is 2. The van der Waals surface area contributed by atoms with E-state index in [1.54, 1.807) is 0 Å². The van der Waals surface area contributed by atoms with Gasteiger partial charge in [-0.05, 0) is 13.0 Å². The number of halogens is 2. The summed E-state index contributed by atoms with van der Waals surface area (Å²) in [4.78, 5) is 38.5. The molecule has 11 heteroatoms.